The first kappa shape index (κ1) is 13.2. The van der Waals surface area contributed by atoms with E-state index in [2.05, 4.69) is 10.4 Å². The Labute approximate surface area is 117 Å². The molecule has 110 valence electrons. The molecule has 0 bridgehead atoms. The molecule has 0 atom stereocenters. The third-order valence-corrected chi connectivity index (χ3v) is 2.96. The summed E-state index contributed by atoms with van der Waals surface area (Å²) in [5.41, 5.74) is -0.480. The van der Waals surface area contributed by atoms with Crippen LogP contribution in [0.4, 0.5) is 5.69 Å². The van der Waals surface area contributed by atoms with Crippen molar-refractivity contribution in [1.82, 2.24) is 19.8 Å². The van der Waals surface area contributed by atoms with Gasteiger partial charge in [0, 0.05) is 19.2 Å². The summed E-state index contributed by atoms with van der Waals surface area (Å²) in [7, 11) is 1.44. The molecule has 0 aliphatic carbocycles. The van der Waals surface area contributed by atoms with Crippen molar-refractivity contribution in [2.24, 2.45) is 7.05 Å². The van der Waals surface area contributed by atoms with Crippen molar-refractivity contribution in [2.75, 3.05) is 13.2 Å². The zero-order valence-electron chi connectivity index (χ0n) is 11.0. The lowest BCUT2D eigenvalue weighted by molar-refractivity contribution is -0.384. The highest BCUT2D eigenvalue weighted by atomic mass is 16.6. The first-order chi connectivity index (χ1) is 10.0. The van der Waals surface area contributed by atoms with Crippen LogP contribution in [0.1, 0.15) is 0 Å². The Kier molecular flexibility index (Phi) is 3.14. The molecule has 1 aliphatic rings. The SMILES string of the molecule is Cn1nnn(-c2cc(OC3COC3)cc([N+](=O)[O-])c2)c1=O. The number of nitro groups is 1. The average Bonchev–Trinajstić information content (AvgIpc) is 2.74. The van der Waals surface area contributed by atoms with Gasteiger partial charge in [0.1, 0.15) is 11.9 Å². The zero-order chi connectivity index (χ0) is 15.0. The molecule has 1 aromatic carbocycles. The largest absolute Gasteiger partial charge is 0.485 e. The number of aromatic nitrogens is 4. The molecule has 0 saturated carbocycles. The normalized spacial score (nSPS) is 14.7. The standard InChI is InChI=1S/C11H11N5O5/c1-14-11(17)15(13-12-14)7-2-8(16(18)19)4-9(3-7)21-10-5-20-6-10/h2-4,10H,5-6H2,1H3. The maximum absolute atomic E-state index is 11.8. The Morgan fingerprint density at radius 1 is 1.38 bits per heavy atom. The molecule has 10 nitrogen and oxygen atoms in total. The van der Waals surface area contributed by atoms with Crippen LogP contribution in [0.15, 0.2) is 23.0 Å². The Hall–Kier alpha value is -2.75. The van der Waals surface area contributed by atoms with Gasteiger partial charge in [-0.2, -0.15) is 9.36 Å². The molecule has 10 heteroatoms. The molecule has 1 fully saturated rings. The third kappa shape index (κ3) is 2.48. The monoisotopic (exact) mass is 293 g/mol. The Balaban J connectivity index is 2.04. The lowest BCUT2D eigenvalue weighted by Gasteiger charge is -2.26. The van der Waals surface area contributed by atoms with Crippen molar-refractivity contribution < 1.29 is 14.4 Å². The fourth-order valence-corrected chi connectivity index (χ4v) is 1.81. The van der Waals surface area contributed by atoms with Gasteiger partial charge in [-0.25, -0.2) is 4.79 Å². The highest BCUT2D eigenvalue weighted by Crippen LogP contribution is 2.26. The second-order valence-electron chi connectivity index (χ2n) is 4.52. The molecule has 0 amide bonds. The van der Waals surface area contributed by atoms with E-state index in [1.54, 1.807) is 0 Å². The summed E-state index contributed by atoms with van der Waals surface area (Å²) in [6.07, 6.45) is -0.140. The summed E-state index contributed by atoms with van der Waals surface area (Å²) < 4.78 is 12.5. The van der Waals surface area contributed by atoms with Crippen LogP contribution >= 0.6 is 0 Å². The predicted octanol–water partition coefficient (Wildman–Crippen LogP) is -0.348. The van der Waals surface area contributed by atoms with Crippen LogP contribution < -0.4 is 10.4 Å². The summed E-state index contributed by atoms with van der Waals surface area (Å²) in [6, 6.07) is 4.03. The highest BCUT2D eigenvalue weighted by molar-refractivity contribution is 5.49. The molecule has 0 N–H and O–H groups in total. The van der Waals surface area contributed by atoms with Crippen molar-refractivity contribution in [3.63, 3.8) is 0 Å². The summed E-state index contributed by atoms with van der Waals surface area (Å²) in [5, 5.41) is 18.2. The van der Waals surface area contributed by atoms with E-state index in [0.29, 0.717) is 13.2 Å². The second kappa shape index (κ2) is 4.98. The lowest BCUT2D eigenvalue weighted by Crippen LogP contribution is -2.38. The molecule has 3 rings (SSSR count). The van der Waals surface area contributed by atoms with E-state index in [0.717, 1.165) is 9.36 Å². The van der Waals surface area contributed by atoms with E-state index in [4.69, 9.17) is 9.47 Å². The maximum atomic E-state index is 11.8. The maximum Gasteiger partial charge on any atom is 0.368 e. The van der Waals surface area contributed by atoms with Crippen LogP contribution in [0.2, 0.25) is 0 Å². The molecule has 21 heavy (non-hydrogen) atoms. The van der Waals surface area contributed by atoms with Gasteiger partial charge in [-0.15, -0.1) is 0 Å². The van der Waals surface area contributed by atoms with Crippen molar-refractivity contribution in [2.45, 2.75) is 6.10 Å². The number of nitro benzene ring substituents is 1. The minimum Gasteiger partial charge on any atom is -0.485 e. The van der Waals surface area contributed by atoms with Gasteiger partial charge in [0.25, 0.3) is 5.69 Å². The van der Waals surface area contributed by atoms with Gasteiger partial charge < -0.3 is 9.47 Å². The van der Waals surface area contributed by atoms with Gasteiger partial charge in [0.2, 0.25) is 0 Å². The summed E-state index contributed by atoms with van der Waals surface area (Å²) >= 11 is 0. The first-order valence-corrected chi connectivity index (χ1v) is 6.08. The van der Waals surface area contributed by atoms with Crippen molar-refractivity contribution >= 4 is 5.69 Å². The number of hydrogen-bond acceptors (Lipinski definition) is 7. The van der Waals surface area contributed by atoms with E-state index in [-0.39, 0.29) is 23.2 Å². The number of hydrogen-bond donors (Lipinski definition) is 0. The predicted molar refractivity (Wildman–Crippen MR) is 68.5 cm³/mol. The molecule has 0 radical (unpaired) electrons. The molecule has 1 aliphatic heterocycles. The van der Waals surface area contributed by atoms with Gasteiger partial charge in [-0.1, -0.05) is 0 Å². The van der Waals surface area contributed by atoms with Crippen LogP contribution in [0, 0.1) is 10.1 Å². The first-order valence-electron chi connectivity index (χ1n) is 6.08. The second-order valence-corrected chi connectivity index (χ2v) is 4.52. The fraction of sp³-hybridized carbons (Fsp3) is 0.364. The number of rotatable bonds is 4. The topological polar surface area (TPSA) is 114 Å². The van der Waals surface area contributed by atoms with Crippen molar-refractivity contribution in [3.8, 4) is 11.4 Å². The van der Waals surface area contributed by atoms with Gasteiger partial charge in [-0.3, -0.25) is 10.1 Å². The van der Waals surface area contributed by atoms with Crippen LogP contribution in [-0.4, -0.2) is 44.0 Å². The molecule has 1 saturated heterocycles. The van der Waals surface area contributed by atoms with E-state index in [1.807, 2.05) is 0 Å². The smallest absolute Gasteiger partial charge is 0.368 e. The van der Waals surface area contributed by atoms with Crippen molar-refractivity contribution in [3.05, 3.63) is 38.8 Å². The molecule has 1 aromatic heterocycles. The Bertz CT molecular complexity index is 748. The number of aryl methyl sites for hydroxylation is 1. The van der Waals surface area contributed by atoms with Crippen LogP contribution in [-0.2, 0) is 11.8 Å². The Morgan fingerprint density at radius 2 is 2.14 bits per heavy atom. The Morgan fingerprint density at radius 3 is 2.67 bits per heavy atom. The summed E-state index contributed by atoms with van der Waals surface area (Å²) in [6.45, 7) is 0.867. The number of benzene rings is 1. The molecule has 2 aromatic rings. The third-order valence-electron chi connectivity index (χ3n) is 2.96. The molecular weight excluding hydrogens is 282 g/mol. The molecule has 0 spiro atoms. The zero-order valence-corrected chi connectivity index (χ0v) is 11.0. The molecule has 2 heterocycles. The van der Waals surface area contributed by atoms with Crippen LogP contribution in [0.5, 0.6) is 5.75 Å². The van der Waals surface area contributed by atoms with Crippen molar-refractivity contribution in [1.29, 1.82) is 0 Å². The number of non-ortho nitro benzene ring substituents is 1. The molecular formula is C11H11N5O5. The van der Waals surface area contributed by atoms with Gasteiger partial charge in [-0.05, 0) is 10.4 Å². The number of ether oxygens (including phenoxy) is 2. The number of nitrogens with zero attached hydrogens (tertiary/aromatic N) is 5. The van der Waals surface area contributed by atoms with Crippen LogP contribution in [0.25, 0.3) is 5.69 Å². The van der Waals surface area contributed by atoms with E-state index >= 15 is 0 Å². The van der Waals surface area contributed by atoms with Gasteiger partial charge >= 0.3 is 5.69 Å². The fourth-order valence-electron chi connectivity index (χ4n) is 1.81. The quantitative estimate of drug-likeness (QED) is 0.559. The van der Waals surface area contributed by atoms with E-state index < -0.39 is 10.6 Å². The van der Waals surface area contributed by atoms with Gasteiger partial charge in [0.15, 0.2) is 0 Å². The minimum atomic E-state index is -0.560. The summed E-state index contributed by atoms with van der Waals surface area (Å²) in [5.74, 6) is 0.282. The summed E-state index contributed by atoms with van der Waals surface area (Å²) in [4.78, 5) is 22.3. The minimum absolute atomic E-state index is 0.140. The van der Waals surface area contributed by atoms with Crippen LogP contribution in [0.3, 0.4) is 0 Å². The average molecular weight is 293 g/mol. The lowest BCUT2D eigenvalue weighted by atomic mass is 10.2. The molecule has 0 unspecified atom stereocenters. The van der Waals surface area contributed by atoms with E-state index in [9.17, 15) is 14.9 Å². The van der Waals surface area contributed by atoms with E-state index in [1.165, 1.54) is 25.2 Å². The number of tetrazole rings is 1. The highest BCUT2D eigenvalue weighted by Gasteiger charge is 2.22. The van der Waals surface area contributed by atoms with Gasteiger partial charge in [0.05, 0.1) is 29.9 Å².